The van der Waals surface area contributed by atoms with Crippen molar-refractivity contribution in [1.82, 2.24) is 4.90 Å². The molecule has 1 amide bonds. The molecule has 23 heavy (non-hydrogen) atoms. The smallest absolute Gasteiger partial charge is 0.341 e. The molecule has 1 aromatic carbocycles. The molecule has 2 atom stereocenters. The highest BCUT2D eigenvalue weighted by molar-refractivity contribution is 7.91. The largest absolute Gasteiger partial charge is 0.342 e. The highest BCUT2D eigenvalue weighted by Gasteiger charge is 2.27. The lowest BCUT2D eigenvalue weighted by atomic mass is 9.91. The van der Waals surface area contributed by atoms with Gasteiger partial charge in [0.05, 0.1) is 11.3 Å². The molecule has 0 aromatic heterocycles. The number of amides is 1. The first-order valence-electron chi connectivity index (χ1n) is 7.59. The number of carbonyl (C=O) groups excluding carboxylic acids is 1. The maximum atomic E-state index is 12.5. The Balaban J connectivity index is 2.05. The van der Waals surface area contributed by atoms with Crippen LogP contribution in [0.1, 0.15) is 25.8 Å². The van der Waals surface area contributed by atoms with E-state index in [9.17, 15) is 22.0 Å². The Bertz CT molecular complexity index is 648. The summed E-state index contributed by atoms with van der Waals surface area (Å²) in [6, 6.07) is 5.10. The monoisotopic (exact) mass is 345 g/mol. The average molecular weight is 345 g/mol. The molecule has 1 saturated heterocycles. The third-order valence-electron chi connectivity index (χ3n) is 4.06. The molecule has 0 aliphatic carbocycles. The highest BCUT2D eigenvalue weighted by atomic mass is 32.2. The fourth-order valence-electron chi connectivity index (χ4n) is 3.05. The molecular formula is C16H21F2NO3S. The average Bonchev–Trinajstić information content (AvgIpc) is 2.46. The van der Waals surface area contributed by atoms with Crippen LogP contribution < -0.4 is 0 Å². The van der Waals surface area contributed by atoms with Crippen LogP contribution in [0.3, 0.4) is 0 Å². The maximum Gasteiger partial charge on any atom is 0.341 e. The highest BCUT2D eigenvalue weighted by Crippen LogP contribution is 2.22. The van der Waals surface area contributed by atoms with Crippen LogP contribution in [-0.2, 0) is 21.1 Å². The molecule has 0 bridgehead atoms. The molecule has 1 fully saturated rings. The fourth-order valence-corrected chi connectivity index (χ4v) is 3.77. The minimum absolute atomic E-state index is 0.0205. The van der Waals surface area contributed by atoms with Crippen LogP contribution in [0.5, 0.6) is 0 Å². The minimum atomic E-state index is -4.59. The van der Waals surface area contributed by atoms with Gasteiger partial charge >= 0.3 is 5.76 Å². The Kier molecular flexibility index (Phi) is 5.39. The SMILES string of the molecule is CC1CC(C)CN(C(=O)Cc2ccc(S(=O)(=O)C(F)F)cc2)C1. The van der Waals surface area contributed by atoms with Gasteiger partial charge in [0, 0.05) is 13.1 Å². The molecule has 0 spiro atoms. The van der Waals surface area contributed by atoms with Crippen molar-refractivity contribution in [1.29, 1.82) is 0 Å². The van der Waals surface area contributed by atoms with Crippen molar-refractivity contribution in [3.63, 3.8) is 0 Å². The molecule has 1 aliphatic rings. The summed E-state index contributed by atoms with van der Waals surface area (Å²) in [4.78, 5) is 13.7. The number of alkyl halides is 2. The van der Waals surface area contributed by atoms with Gasteiger partial charge in [-0.05, 0) is 36.0 Å². The molecule has 1 aliphatic heterocycles. The summed E-state index contributed by atoms with van der Waals surface area (Å²) in [6.07, 6.45) is 1.25. The molecule has 0 saturated carbocycles. The van der Waals surface area contributed by atoms with Crippen molar-refractivity contribution in [2.75, 3.05) is 13.1 Å². The number of likely N-dealkylation sites (tertiary alicyclic amines) is 1. The van der Waals surface area contributed by atoms with Gasteiger partial charge in [-0.25, -0.2) is 8.42 Å². The van der Waals surface area contributed by atoms with Gasteiger partial charge in [-0.1, -0.05) is 26.0 Å². The summed E-state index contributed by atoms with van der Waals surface area (Å²) in [5.74, 6) is -2.54. The van der Waals surface area contributed by atoms with Gasteiger partial charge in [0.25, 0.3) is 0 Å². The van der Waals surface area contributed by atoms with Crippen LogP contribution in [0.15, 0.2) is 29.2 Å². The Morgan fingerprint density at radius 2 is 1.70 bits per heavy atom. The Labute approximate surface area is 135 Å². The number of hydrogen-bond acceptors (Lipinski definition) is 3. The van der Waals surface area contributed by atoms with Crippen LogP contribution in [-0.4, -0.2) is 38.1 Å². The van der Waals surface area contributed by atoms with E-state index in [0.717, 1.165) is 31.6 Å². The first-order chi connectivity index (χ1) is 10.7. The summed E-state index contributed by atoms with van der Waals surface area (Å²) in [5, 5.41) is 0. The molecule has 2 unspecified atom stereocenters. The Hall–Kier alpha value is -1.50. The summed E-state index contributed by atoms with van der Waals surface area (Å²) in [7, 11) is -4.59. The molecular weight excluding hydrogens is 324 g/mol. The number of rotatable bonds is 4. The minimum Gasteiger partial charge on any atom is -0.342 e. The number of piperidine rings is 1. The predicted octanol–water partition coefficient (Wildman–Crippen LogP) is 2.73. The van der Waals surface area contributed by atoms with Crippen molar-refractivity contribution < 1.29 is 22.0 Å². The van der Waals surface area contributed by atoms with E-state index < -0.39 is 20.5 Å². The van der Waals surface area contributed by atoms with Crippen LogP contribution in [0.4, 0.5) is 8.78 Å². The summed E-state index contributed by atoms with van der Waals surface area (Å²) in [5.41, 5.74) is 0.620. The third-order valence-corrected chi connectivity index (χ3v) is 5.46. The van der Waals surface area contributed by atoms with Crippen LogP contribution in [0.2, 0.25) is 0 Å². The van der Waals surface area contributed by atoms with Crippen molar-refractivity contribution in [3.05, 3.63) is 29.8 Å². The summed E-state index contributed by atoms with van der Waals surface area (Å²) in [6.45, 7) is 5.67. The first-order valence-corrected chi connectivity index (χ1v) is 9.13. The topological polar surface area (TPSA) is 54.5 Å². The molecule has 4 nitrogen and oxygen atoms in total. The lowest BCUT2D eigenvalue weighted by Crippen LogP contribution is -2.43. The van der Waals surface area contributed by atoms with E-state index in [1.807, 2.05) is 4.90 Å². The van der Waals surface area contributed by atoms with E-state index in [1.165, 1.54) is 12.1 Å². The normalized spacial score (nSPS) is 22.4. The standard InChI is InChI=1S/C16H21F2NO3S/c1-11-7-12(2)10-19(9-11)15(20)8-13-3-5-14(6-4-13)23(21,22)16(17)18/h3-6,11-12,16H,7-10H2,1-2H3. The summed E-state index contributed by atoms with van der Waals surface area (Å²) < 4.78 is 47.7. The van der Waals surface area contributed by atoms with E-state index in [4.69, 9.17) is 0 Å². The van der Waals surface area contributed by atoms with Gasteiger partial charge in [-0.15, -0.1) is 0 Å². The zero-order chi connectivity index (χ0) is 17.2. The van der Waals surface area contributed by atoms with Crippen LogP contribution in [0.25, 0.3) is 0 Å². The first kappa shape index (κ1) is 17.8. The van der Waals surface area contributed by atoms with Crippen molar-refractivity contribution in [2.45, 2.75) is 37.3 Å². The Morgan fingerprint density at radius 3 is 2.17 bits per heavy atom. The molecule has 2 rings (SSSR count). The molecule has 7 heteroatoms. The van der Waals surface area contributed by atoms with E-state index >= 15 is 0 Å². The molecule has 1 aromatic rings. The van der Waals surface area contributed by atoms with Crippen molar-refractivity contribution in [2.24, 2.45) is 11.8 Å². The third kappa shape index (κ3) is 4.28. The van der Waals surface area contributed by atoms with Gasteiger partial charge < -0.3 is 4.90 Å². The molecule has 0 N–H and O–H groups in total. The van der Waals surface area contributed by atoms with E-state index in [2.05, 4.69) is 13.8 Å². The quantitative estimate of drug-likeness (QED) is 0.843. The zero-order valence-corrected chi connectivity index (χ0v) is 14.0. The lowest BCUT2D eigenvalue weighted by Gasteiger charge is -2.35. The van der Waals surface area contributed by atoms with Gasteiger partial charge in [-0.3, -0.25) is 4.79 Å². The number of benzene rings is 1. The van der Waals surface area contributed by atoms with Crippen LogP contribution in [0, 0.1) is 11.8 Å². The predicted molar refractivity (Wildman–Crippen MR) is 82.9 cm³/mol. The Morgan fingerprint density at radius 1 is 1.17 bits per heavy atom. The molecule has 0 radical (unpaired) electrons. The summed E-state index contributed by atoms with van der Waals surface area (Å²) >= 11 is 0. The van der Waals surface area contributed by atoms with Crippen molar-refractivity contribution >= 4 is 15.7 Å². The van der Waals surface area contributed by atoms with Crippen LogP contribution >= 0.6 is 0 Å². The fraction of sp³-hybridized carbons (Fsp3) is 0.562. The second kappa shape index (κ2) is 6.95. The number of nitrogens with zero attached hydrogens (tertiary/aromatic N) is 1. The van der Waals surface area contributed by atoms with E-state index in [1.54, 1.807) is 0 Å². The zero-order valence-electron chi connectivity index (χ0n) is 13.2. The van der Waals surface area contributed by atoms with E-state index in [-0.39, 0.29) is 12.3 Å². The number of carbonyl (C=O) groups is 1. The molecule has 1 heterocycles. The number of sulfone groups is 1. The second-order valence-corrected chi connectivity index (χ2v) is 8.29. The number of halogens is 2. The number of hydrogen-bond donors (Lipinski definition) is 0. The van der Waals surface area contributed by atoms with Gasteiger partial charge in [-0.2, -0.15) is 8.78 Å². The molecule has 128 valence electrons. The van der Waals surface area contributed by atoms with Gasteiger partial charge in [0.2, 0.25) is 15.7 Å². The van der Waals surface area contributed by atoms with Crippen molar-refractivity contribution in [3.8, 4) is 0 Å². The second-order valence-electron chi connectivity index (χ2n) is 6.37. The van der Waals surface area contributed by atoms with Gasteiger partial charge in [0.1, 0.15) is 0 Å². The maximum absolute atomic E-state index is 12.5. The van der Waals surface area contributed by atoms with E-state index in [0.29, 0.717) is 17.4 Å². The van der Waals surface area contributed by atoms with Gasteiger partial charge in [0.15, 0.2) is 0 Å². The lowest BCUT2D eigenvalue weighted by molar-refractivity contribution is -0.133.